The Balaban J connectivity index is 1.73. The van der Waals surface area contributed by atoms with Gasteiger partial charge in [-0.1, -0.05) is 12.1 Å². The Bertz CT molecular complexity index is 1850. The molecule has 0 N–H and O–H groups in total. The van der Waals surface area contributed by atoms with Crippen molar-refractivity contribution in [1.82, 2.24) is 19.2 Å². The van der Waals surface area contributed by atoms with Gasteiger partial charge in [-0.25, -0.2) is 22.2 Å². The second-order valence-corrected chi connectivity index (χ2v) is 12.4. The molecule has 1 unspecified atom stereocenters. The lowest BCUT2D eigenvalue weighted by molar-refractivity contribution is -0.140. The van der Waals surface area contributed by atoms with Crippen LogP contribution >= 0.6 is 0 Å². The molecule has 1 aliphatic rings. The van der Waals surface area contributed by atoms with Crippen LogP contribution in [0.5, 0.6) is 5.88 Å². The molecule has 43 heavy (non-hydrogen) atoms. The smallest absolute Gasteiger partial charge is 0.419 e. The van der Waals surface area contributed by atoms with Crippen molar-refractivity contribution in [2.45, 2.75) is 24.0 Å². The first-order chi connectivity index (χ1) is 20.2. The summed E-state index contributed by atoms with van der Waals surface area (Å²) in [5, 5.41) is 0. The average molecular weight is 623 g/mol. The molecule has 2 aromatic carbocycles. The van der Waals surface area contributed by atoms with Gasteiger partial charge in [0.2, 0.25) is 0 Å². The second-order valence-electron chi connectivity index (χ2n) is 10.5. The Labute approximate surface area is 244 Å². The van der Waals surface area contributed by atoms with E-state index in [0.29, 0.717) is 23.2 Å². The molecule has 0 spiro atoms. The van der Waals surface area contributed by atoms with Gasteiger partial charge in [0.1, 0.15) is 16.4 Å². The molecule has 228 valence electrons. The zero-order chi connectivity index (χ0) is 31.4. The zero-order valence-corrected chi connectivity index (χ0v) is 24.4. The molecule has 4 aromatic rings. The number of halogens is 5. The summed E-state index contributed by atoms with van der Waals surface area (Å²) >= 11 is 0. The Morgan fingerprint density at radius 1 is 1.09 bits per heavy atom. The number of aryl methyl sites for hydroxylation is 1. The maximum atomic E-state index is 15.1. The molecular weight excluding hydrogens is 595 g/mol. The number of amides is 1. The third-order valence-electron chi connectivity index (χ3n) is 7.36. The predicted octanol–water partition coefficient (Wildman–Crippen LogP) is 5.15. The Hall–Kier alpha value is -4.04. The number of rotatable bonds is 7. The molecule has 2 aromatic heterocycles. The van der Waals surface area contributed by atoms with Crippen LogP contribution in [0.1, 0.15) is 33.2 Å². The monoisotopic (exact) mass is 622 g/mol. The maximum Gasteiger partial charge on any atom is 0.419 e. The third kappa shape index (κ3) is 5.33. The third-order valence-corrected chi connectivity index (χ3v) is 9.15. The lowest BCUT2D eigenvalue weighted by atomic mass is 10.0. The van der Waals surface area contributed by atoms with E-state index in [1.54, 1.807) is 48.5 Å². The van der Waals surface area contributed by atoms with E-state index in [1.807, 2.05) is 0 Å². The molecule has 0 radical (unpaired) electrons. The van der Waals surface area contributed by atoms with Gasteiger partial charge in [0.25, 0.3) is 5.91 Å². The van der Waals surface area contributed by atoms with Gasteiger partial charge in [-0.2, -0.15) is 13.2 Å². The highest BCUT2D eigenvalue weighted by Gasteiger charge is 2.46. The number of likely N-dealkylation sites (N-methyl/N-ethyl adjacent to an activating group) is 1. The van der Waals surface area contributed by atoms with E-state index in [0.717, 1.165) is 6.07 Å². The Morgan fingerprint density at radius 2 is 1.81 bits per heavy atom. The zero-order valence-electron chi connectivity index (χ0n) is 23.5. The molecular formula is C29H27F5N4O4S. The first-order valence-electron chi connectivity index (χ1n) is 13.1. The fourth-order valence-corrected chi connectivity index (χ4v) is 7.17. The number of hydrogen-bond donors (Lipinski definition) is 0. The quantitative estimate of drug-likeness (QED) is 0.265. The van der Waals surface area contributed by atoms with Crippen molar-refractivity contribution in [1.29, 1.82) is 0 Å². The number of carbonyl (C=O) groups is 1. The van der Waals surface area contributed by atoms with E-state index in [1.165, 1.54) is 30.2 Å². The van der Waals surface area contributed by atoms with E-state index >= 15 is 4.39 Å². The summed E-state index contributed by atoms with van der Waals surface area (Å²) in [4.78, 5) is 20.8. The number of carbonyl (C=O) groups excluding carboxylic acids is 1. The highest BCUT2D eigenvalue weighted by molar-refractivity contribution is 7.91. The van der Waals surface area contributed by atoms with Crippen LogP contribution in [0, 0.1) is 18.6 Å². The van der Waals surface area contributed by atoms with E-state index in [-0.39, 0.29) is 35.6 Å². The molecule has 1 atom stereocenters. The van der Waals surface area contributed by atoms with E-state index < -0.39 is 55.8 Å². The number of benzene rings is 2. The number of alkyl halides is 3. The summed E-state index contributed by atoms with van der Waals surface area (Å²) in [7, 11) is 0.319. The largest absolute Gasteiger partial charge is 0.482 e. The molecule has 1 aliphatic heterocycles. The molecule has 8 nitrogen and oxygen atoms in total. The van der Waals surface area contributed by atoms with Crippen LogP contribution < -0.4 is 4.74 Å². The number of imidazole rings is 1. The van der Waals surface area contributed by atoms with Gasteiger partial charge >= 0.3 is 6.18 Å². The minimum Gasteiger partial charge on any atom is -0.482 e. The number of nitrogens with zero attached hydrogens (tertiary/aromatic N) is 4. The van der Waals surface area contributed by atoms with Gasteiger partial charge in [0.05, 0.1) is 30.2 Å². The summed E-state index contributed by atoms with van der Waals surface area (Å²) < 4.78 is 103. The lowest BCUT2D eigenvalue weighted by Gasteiger charge is -2.30. The van der Waals surface area contributed by atoms with Crippen LogP contribution in [-0.2, 0) is 16.0 Å². The number of pyridine rings is 1. The lowest BCUT2D eigenvalue weighted by Crippen LogP contribution is -2.40. The van der Waals surface area contributed by atoms with E-state index in [2.05, 4.69) is 4.98 Å². The number of hydrogen-bond acceptors (Lipinski definition) is 6. The van der Waals surface area contributed by atoms with Crippen LogP contribution in [0.15, 0.2) is 53.4 Å². The van der Waals surface area contributed by atoms with Crippen molar-refractivity contribution < 1.29 is 39.9 Å². The molecule has 14 heteroatoms. The molecule has 0 aliphatic carbocycles. The molecule has 0 saturated heterocycles. The number of methoxy groups -OCH3 is 1. The Morgan fingerprint density at radius 3 is 2.44 bits per heavy atom. The van der Waals surface area contributed by atoms with Crippen molar-refractivity contribution in [3.63, 3.8) is 0 Å². The molecule has 3 heterocycles. The van der Waals surface area contributed by atoms with Crippen LogP contribution in [0.4, 0.5) is 22.0 Å². The van der Waals surface area contributed by atoms with Crippen molar-refractivity contribution in [2.24, 2.45) is 0 Å². The summed E-state index contributed by atoms with van der Waals surface area (Å²) in [5.74, 6) is -3.64. The number of sulfone groups is 1. The fraction of sp³-hybridized carbons (Fsp3) is 0.310. The van der Waals surface area contributed by atoms with Gasteiger partial charge in [0.15, 0.2) is 27.2 Å². The minimum atomic E-state index is -5.12. The normalized spacial score (nSPS) is 16.1. The highest BCUT2D eigenvalue weighted by atomic mass is 32.2. The van der Waals surface area contributed by atoms with Crippen LogP contribution in [0.2, 0.25) is 0 Å². The predicted molar refractivity (Wildman–Crippen MR) is 148 cm³/mol. The summed E-state index contributed by atoms with van der Waals surface area (Å²) in [6.07, 6.45) is -5.12. The molecule has 0 bridgehead atoms. The molecule has 5 rings (SSSR count). The minimum absolute atomic E-state index is 0.0685. The van der Waals surface area contributed by atoms with Gasteiger partial charge in [-0.3, -0.25) is 9.20 Å². The highest BCUT2D eigenvalue weighted by Crippen LogP contribution is 2.44. The van der Waals surface area contributed by atoms with E-state index in [9.17, 15) is 30.8 Å². The van der Waals surface area contributed by atoms with Crippen molar-refractivity contribution >= 4 is 21.4 Å². The van der Waals surface area contributed by atoms with Crippen LogP contribution in [-0.4, -0.2) is 73.6 Å². The maximum absolute atomic E-state index is 15.1. The first-order valence-corrected chi connectivity index (χ1v) is 14.7. The Kier molecular flexibility index (Phi) is 7.71. The summed E-state index contributed by atoms with van der Waals surface area (Å²) in [6.45, 7) is 1.72. The topological polar surface area (TPSA) is 84.2 Å². The average Bonchev–Trinajstić information content (AvgIpc) is 3.45. The van der Waals surface area contributed by atoms with Crippen LogP contribution in [0.3, 0.4) is 0 Å². The SMILES string of the molecule is COc1cccc2nc(C(=O)N(CCN(C)C)C3CS(=O)(=O)c4c3ccc(C(F)(F)F)c4F)c(-c3ccc(F)c(C)c3)n12. The first kappa shape index (κ1) is 30.4. The van der Waals surface area contributed by atoms with Crippen molar-refractivity contribution in [2.75, 3.05) is 40.0 Å². The molecule has 0 saturated carbocycles. The summed E-state index contributed by atoms with van der Waals surface area (Å²) in [5.41, 5.74) is -0.861. The number of fused-ring (bicyclic) bond motifs is 2. The number of aromatic nitrogens is 2. The molecule has 0 fully saturated rings. The van der Waals surface area contributed by atoms with Crippen LogP contribution in [0.25, 0.3) is 16.9 Å². The summed E-state index contributed by atoms with van der Waals surface area (Å²) in [6, 6.07) is 9.21. The van der Waals surface area contributed by atoms with Crippen molar-refractivity contribution in [3.05, 3.63) is 82.5 Å². The van der Waals surface area contributed by atoms with Gasteiger partial charge in [-0.15, -0.1) is 0 Å². The van der Waals surface area contributed by atoms with Gasteiger partial charge < -0.3 is 14.5 Å². The fourth-order valence-electron chi connectivity index (χ4n) is 5.28. The number of ether oxygens (including phenoxy) is 1. The van der Waals surface area contributed by atoms with Gasteiger partial charge in [0, 0.05) is 18.7 Å². The molecule has 1 amide bonds. The van der Waals surface area contributed by atoms with Gasteiger partial charge in [-0.05, 0) is 68.5 Å². The van der Waals surface area contributed by atoms with Crippen molar-refractivity contribution in [3.8, 4) is 17.1 Å². The van der Waals surface area contributed by atoms with E-state index in [4.69, 9.17) is 4.74 Å². The second kappa shape index (κ2) is 10.9. The standard InChI is InChI=1S/C29H27F5N4O4S/c1-16-14-17(8-11-20(16)30)26-25(35-22-6-5-7-23(42-4)38(22)26)28(39)37(13-12-36(2)3)21-15-43(40,41)27-18(21)9-10-19(24(27)31)29(32,33)34/h5-11,14,21H,12-13,15H2,1-4H3.